The quantitative estimate of drug-likeness (QED) is 0.656. The van der Waals surface area contributed by atoms with Gasteiger partial charge in [-0.3, -0.25) is 14.9 Å². The zero-order valence-electron chi connectivity index (χ0n) is 11.0. The van der Waals surface area contributed by atoms with E-state index >= 15 is 0 Å². The smallest absolute Gasteiger partial charge is 0.326 e. The molecule has 1 saturated heterocycles. The molecule has 112 valence electrons. The second-order valence-electron chi connectivity index (χ2n) is 4.79. The Morgan fingerprint density at radius 3 is 2.76 bits per heavy atom. The first-order valence-corrected chi connectivity index (χ1v) is 7.14. The van der Waals surface area contributed by atoms with E-state index in [0.717, 1.165) is 0 Å². The molecular weight excluding hydrogens is 344 g/mol. The van der Waals surface area contributed by atoms with Crippen LogP contribution in [0.5, 0.6) is 0 Å². The summed E-state index contributed by atoms with van der Waals surface area (Å²) in [6, 6.07) is 3.40. The van der Waals surface area contributed by atoms with E-state index in [0.29, 0.717) is 29.4 Å². The molecule has 1 fully saturated rings. The van der Waals surface area contributed by atoms with Gasteiger partial charge in [-0.2, -0.15) is 0 Å². The molecule has 0 spiro atoms. The second kappa shape index (κ2) is 6.21. The Hall–Kier alpha value is -1.96. The van der Waals surface area contributed by atoms with Gasteiger partial charge in [0, 0.05) is 23.2 Å². The molecule has 1 aromatic rings. The number of benzene rings is 1. The fourth-order valence-electron chi connectivity index (χ4n) is 2.38. The Morgan fingerprint density at radius 1 is 1.48 bits per heavy atom. The molecule has 1 aliphatic heterocycles. The van der Waals surface area contributed by atoms with Gasteiger partial charge in [0.15, 0.2) is 0 Å². The number of nitrogens with zero attached hydrogens (tertiary/aromatic N) is 2. The zero-order chi connectivity index (χ0) is 15.6. The Labute approximate surface area is 128 Å². The van der Waals surface area contributed by atoms with Gasteiger partial charge in [-0.15, -0.1) is 0 Å². The molecule has 21 heavy (non-hydrogen) atoms. The third-order valence-corrected chi connectivity index (χ3v) is 4.19. The van der Waals surface area contributed by atoms with Crippen LogP contribution in [-0.2, 0) is 16.0 Å². The monoisotopic (exact) mass is 356 g/mol. The molecule has 7 nitrogen and oxygen atoms in total. The Balaban J connectivity index is 2.13. The number of halogens is 1. The van der Waals surface area contributed by atoms with Crippen LogP contribution < -0.4 is 0 Å². The lowest BCUT2D eigenvalue weighted by Crippen LogP contribution is -2.41. The molecule has 8 heteroatoms. The molecule has 1 aliphatic rings. The molecule has 0 bridgehead atoms. The van der Waals surface area contributed by atoms with Crippen molar-refractivity contribution in [1.29, 1.82) is 0 Å². The number of carboxylic acid groups (broad SMARTS) is 1. The average Bonchev–Trinajstić information content (AvgIpc) is 2.90. The van der Waals surface area contributed by atoms with Crippen molar-refractivity contribution in [3.63, 3.8) is 0 Å². The van der Waals surface area contributed by atoms with Crippen LogP contribution in [-0.4, -0.2) is 39.4 Å². The van der Waals surface area contributed by atoms with Crippen molar-refractivity contribution in [2.75, 3.05) is 6.54 Å². The largest absolute Gasteiger partial charge is 0.480 e. The molecular formula is C13H13BrN2O5. The van der Waals surface area contributed by atoms with Gasteiger partial charge in [-0.1, -0.05) is 22.0 Å². The summed E-state index contributed by atoms with van der Waals surface area (Å²) in [6.07, 6.45) is 1.15. The molecule has 1 aromatic carbocycles. The number of aliphatic carboxylic acids is 1. The maximum Gasteiger partial charge on any atom is 0.326 e. The molecule has 1 atom stereocenters. The molecule has 1 N–H and O–H groups in total. The standard InChI is InChI=1S/C13H13BrN2O5/c14-10-7-9(16(20)21)4-3-8(10)6-12(17)15-5-1-2-11(15)13(18)19/h3-4,7,11H,1-2,5-6H2,(H,18,19). The minimum absolute atomic E-state index is 0.0162. The lowest BCUT2D eigenvalue weighted by Gasteiger charge is -2.21. The number of likely N-dealkylation sites (tertiary alicyclic amines) is 1. The van der Waals surface area contributed by atoms with Crippen LogP contribution >= 0.6 is 15.9 Å². The van der Waals surface area contributed by atoms with Crippen LogP contribution in [0.3, 0.4) is 0 Å². The molecule has 1 unspecified atom stereocenters. The van der Waals surface area contributed by atoms with Gasteiger partial charge in [0.25, 0.3) is 5.69 Å². The van der Waals surface area contributed by atoms with Crippen molar-refractivity contribution in [1.82, 2.24) is 4.90 Å². The van der Waals surface area contributed by atoms with E-state index in [-0.39, 0.29) is 18.0 Å². The molecule has 0 aliphatic carbocycles. The van der Waals surface area contributed by atoms with E-state index in [2.05, 4.69) is 15.9 Å². The number of rotatable bonds is 4. The minimum Gasteiger partial charge on any atom is -0.480 e. The fraction of sp³-hybridized carbons (Fsp3) is 0.385. The molecule has 0 radical (unpaired) electrons. The van der Waals surface area contributed by atoms with E-state index < -0.39 is 16.9 Å². The van der Waals surface area contributed by atoms with Gasteiger partial charge >= 0.3 is 5.97 Å². The summed E-state index contributed by atoms with van der Waals surface area (Å²) in [4.78, 5) is 34.8. The van der Waals surface area contributed by atoms with Gasteiger partial charge in [-0.25, -0.2) is 4.79 Å². The molecule has 1 amide bonds. The molecule has 0 aromatic heterocycles. The number of hydrogen-bond donors (Lipinski definition) is 1. The lowest BCUT2D eigenvalue weighted by molar-refractivity contribution is -0.384. The highest BCUT2D eigenvalue weighted by molar-refractivity contribution is 9.10. The normalized spacial score (nSPS) is 17.8. The first kappa shape index (κ1) is 15.4. The first-order chi connectivity index (χ1) is 9.90. The van der Waals surface area contributed by atoms with Crippen molar-refractivity contribution < 1.29 is 19.6 Å². The third-order valence-electron chi connectivity index (χ3n) is 3.45. The van der Waals surface area contributed by atoms with E-state index in [4.69, 9.17) is 5.11 Å². The van der Waals surface area contributed by atoms with E-state index in [1.54, 1.807) is 0 Å². The summed E-state index contributed by atoms with van der Waals surface area (Å²) >= 11 is 3.21. The Bertz CT molecular complexity index is 604. The summed E-state index contributed by atoms with van der Waals surface area (Å²) in [5.74, 6) is -1.28. The number of carbonyl (C=O) groups excluding carboxylic acids is 1. The topological polar surface area (TPSA) is 101 Å². The number of nitro benzene ring substituents is 1. The van der Waals surface area contributed by atoms with Crippen LogP contribution in [0.15, 0.2) is 22.7 Å². The van der Waals surface area contributed by atoms with Crippen molar-refractivity contribution in [2.24, 2.45) is 0 Å². The second-order valence-corrected chi connectivity index (χ2v) is 5.65. The number of hydrogen-bond acceptors (Lipinski definition) is 4. The molecule has 1 heterocycles. The summed E-state index contributed by atoms with van der Waals surface area (Å²) in [5.41, 5.74) is 0.532. The summed E-state index contributed by atoms with van der Waals surface area (Å²) in [6.45, 7) is 0.431. The minimum atomic E-state index is -0.997. The summed E-state index contributed by atoms with van der Waals surface area (Å²) in [7, 11) is 0. The van der Waals surface area contributed by atoms with Crippen molar-refractivity contribution >= 4 is 33.5 Å². The lowest BCUT2D eigenvalue weighted by atomic mass is 10.1. The van der Waals surface area contributed by atoms with Crippen LogP contribution in [0, 0.1) is 10.1 Å². The fourth-order valence-corrected chi connectivity index (χ4v) is 2.89. The number of nitro groups is 1. The van der Waals surface area contributed by atoms with Gasteiger partial charge < -0.3 is 10.0 Å². The maximum atomic E-state index is 12.2. The molecule has 2 rings (SSSR count). The van der Waals surface area contributed by atoms with Gasteiger partial charge in [0.1, 0.15) is 6.04 Å². The predicted octanol–water partition coefficient (Wildman–Crippen LogP) is 1.98. The van der Waals surface area contributed by atoms with Gasteiger partial charge in [-0.05, 0) is 18.4 Å². The van der Waals surface area contributed by atoms with Crippen molar-refractivity contribution in [3.8, 4) is 0 Å². The van der Waals surface area contributed by atoms with Crippen LogP contribution in [0.1, 0.15) is 18.4 Å². The highest BCUT2D eigenvalue weighted by atomic mass is 79.9. The third kappa shape index (κ3) is 3.38. The van der Waals surface area contributed by atoms with E-state index in [1.807, 2.05) is 0 Å². The maximum absolute atomic E-state index is 12.2. The number of carbonyl (C=O) groups is 2. The van der Waals surface area contributed by atoms with E-state index in [1.165, 1.54) is 23.1 Å². The summed E-state index contributed by atoms with van der Waals surface area (Å²) in [5, 5.41) is 19.7. The van der Waals surface area contributed by atoms with Crippen molar-refractivity contribution in [2.45, 2.75) is 25.3 Å². The summed E-state index contributed by atoms with van der Waals surface area (Å²) < 4.78 is 0.469. The first-order valence-electron chi connectivity index (χ1n) is 6.35. The number of non-ortho nitro benzene ring substituents is 1. The van der Waals surface area contributed by atoms with Gasteiger partial charge in [0.05, 0.1) is 11.3 Å². The van der Waals surface area contributed by atoms with Crippen LogP contribution in [0.2, 0.25) is 0 Å². The Morgan fingerprint density at radius 2 is 2.19 bits per heavy atom. The zero-order valence-corrected chi connectivity index (χ0v) is 12.6. The number of carboxylic acids is 1. The van der Waals surface area contributed by atoms with Gasteiger partial charge in [0.2, 0.25) is 5.91 Å². The SMILES string of the molecule is O=C(O)C1CCCN1C(=O)Cc1ccc([N+](=O)[O-])cc1Br. The van der Waals surface area contributed by atoms with Crippen LogP contribution in [0.25, 0.3) is 0 Å². The average molecular weight is 357 g/mol. The Kier molecular flexibility index (Phi) is 4.56. The number of amides is 1. The molecule has 0 saturated carbocycles. The van der Waals surface area contributed by atoms with Crippen LogP contribution in [0.4, 0.5) is 5.69 Å². The predicted molar refractivity (Wildman–Crippen MR) is 76.9 cm³/mol. The highest BCUT2D eigenvalue weighted by Gasteiger charge is 2.33. The van der Waals surface area contributed by atoms with E-state index in [9.17, 15) is 19.7 Å². The highest BCUT2D eigenvalue weighted by Crippen LogP contribution is 2.25. The van der Waals surface area contributed by atoms with Crippen molar-refractivity contribution in [3.05, 3.63) is 38.3 Å².